The largest absolute Gasteiger partial charge is 0.285 e. The predicted octanol–water partition coefficient (Wildman–Crippen LogP) is 3.57. The molecule has 0 rings (SSSR count). The summed E-state index contributed by atoms with van der Waals surface area (Å²) < 4.78 is 29.2. The summed E-state index contributed by atoms with van der Waals surface area (Å²) in [5.41, 5.74) is 0. The standard InChI is InChI=1S/C12H24O3S/c1-2-3-4-5-6-7-8-9-10-11-12-16(13,14)15/h10-11H,2-9,12H2,1H3,(H,13,14,15)/b11-10+. The van der Waals surface area contributed by atoms with Crippen LogP contribution in [0.1, 0.15) is 58.3 Å². The molecule has 0 heterocycles. The van der Waals surface area contributed by atoms with E-state index in [2.05, 4.69) is 6.92 Å². The molecule has 4 heteroatoms. The van der Waals surface area contributed by atoms with Crippen LogP contribution in [0.5, 0.6) is 0 Å². The van der Waals surface area contributed by atoms with Gasteiger partial charge in [0.25, 0.3) is 10.1 Å². The van der Waals surface area contributed by atoms with Crippen LogP contribution in [-0.4, -0.2) is 18.7 Å². The van der Waals surface area contributed by atoms with Crippen molar-refractivity contribution in [2.75, 3.05) is 5.75 Å². The van der Waals surface area contributed by atoms with Crippen molar-refractivity contribution in [2.45, 2.75) is 58.3 Å². The van der Waals surface area contributed by atoms with Crippen LogP contribution in [0.2, 0.25) is 0 Å². The van der Waals surface area contributed by atoms with Crippen LogP contribution in [0, 0.1) is 0 Å². The van der Waals surface area contributed by atoms with Crippen molar-refractivity contribution in [3.63, 3.8) is 0 Å². The van der Waals surface area contributed by atoms with E-state index in [1.807, 2.05) is 6.08 Å². The van der Waals surface area contributed by atoms with E-state index in [0.717, 1.165) is 12.8 Å². The van der Waals surface area contributed by atoms with Crippen LogP contribution >= 0.6 is 0 Å². The Morgan fingerprint density at radius 2 is 1.50 bits per heavy atom. The van der Waals surface area contributed by atoms with Crippen molar-refractivity contribution in [3.05, 3.63) is 12.2 Å². The summed E-state index contributed by atoms with van der Waals surface area (Å²) in [5, 5.41) is 0. The van der Waals surface area contributed by atoms with Gasteiger partial charge in [-0.05, 0) is 12.8 Å². The second-order valence-corrected chi connectivity index (χ2v) is 5.63. The summed E-state index contributed by atoms with van der Waals surface area (Å²) in [5.74, 6) is -0.260. The number of hydrogen-bond donors (Lipinski definition) is 1. The van der Waals surface area contributed by atoms with Gasteiger partial charge < -0.3 is 0 Å². The number of rotatable bonds is 10. The average Bonchev–Trinajstić information content (AvgIpc) is 2.19. The summed E-state index contributed by atoms with van der Waals surface area (Å²) in [6.45, 7) is 2.21. The Labute approximate surface area is 99.7 Å². The zero-order valence-electron chi connectivity index (χ0n) is 10.2. The number of hydrogen-bond acceptors (Lipinski definition) is 2. The van der Waals surface area contributed by atoms with Gasteiger partial charge in [0.1, 0.15) is 0 Å². The molecule has 0 atom stereocenters. The third-order valence-electron chi connectivity index (χ3n) is 2.45. The molecule has 0 spiro atoms. The Balaban J connectivity index is 3.21. The van der Waals surface area contributed by atoms with Crippen molar-refractivity contribution in [1.29, 1.82) is 0 Å². The first-order valence-corrected chi connectivity index (χ1v) is 7.77. The van der Waals surface area contributed by atoms with Gasteiger partial charge in [0.05, 0.1) is 5.75 Å². The SMILES string of the molecule is CCCCCCCCC/C=C/CS(=O)(=O)O. The first-order chi connectivity index (χ1) is 7.56. The van der Waals surface area contributed by atoms with Crippen molar-refractivity contribution in [3.8, 4) is 0 Å². The maximum absolute atomic E-state index is 10.4. The molecule has 0 fully saturated rings. The fourth-order valence-corrected chi connectivity index (χ4v) is 1.91. The van der Waals surface area contributed by atoms with Gasteiger partial charge in [-0.25, -0.2) is 0 Å². The Kier molecular flexibility index (Phi) is 9.63. The van der Waals surface area contributed by atoms with Crippen LogP contribution < -0.4 is 0 Å². The second-order valence-electron chi connectivity index (χ2n) is 4.13. The Bertz CT molecular complexity index is 268. The molecule has 0 bridgehead atoms. The fraction of sp³-hybridized carbons (Fsp3) is 0.833. The van der Waals surface area contributed by atoms with Crippen molar-refractivity contribution >= 4 is 10.1 Å². The highest BCUT2D eigenvalue weighted by atomic mass is 32.2. The average molecular weight is 248 g/mol. The van der Waals surface area contributed by atoms with E-state index >= 15 is 0 Å². The molecule has 0 aliphatic rings. The highest BCUT2D eigenvalue weighted by Gasteiger charge is 1.97. The third-order valence-corrected chi connectivity index (χ3v) is 3.06. The summed E-state index contributed by atoms with van der Waals surface area (Å²) >= 11 is 0. The van der Waals surface area contributed by atoms with Crippen LogP contribution in [-0.2, 0) is 10.1 Å². The molecule has 0 aromatic heterocycles. The molecule has 0 aromatic rings. The highest BCUT2D eigenvalue weighted by molar-refractivity contribution is 7.85. The molecular formula is C12H24O3S. The molecule has 96 valence electrons. The van der Waals surface area contributed by atoms with Crippen LogP contribution in [0.4, 0.5) is 0 Å². The molecule has 0 aromatic carbocycles. The van der Waals surface area contributed by atoms with Gasteiger partial charge in [-0.15, -0.1) is 0 Å². The van der Waals surface area contributed by atoms with Crippen molar-refractivity contribution in [1.82, 2.24) is 0 Å². The lowest BCUT2D eigenvalue weighted by Gasteiger charge is -1.98. The molecule has 0 radical (unpaired) electrons. The lowest BCUT2D eigenvalue weighted by molar-refractivity contribution is 0.486. The van der Waals surface area contributed by atoms with Crippen LogP contribution in [0.25, 0.3) is 0 Å². The molecule has 0 unspecified atom stereocenters. The Morgan fingerprint density at radius 1 is 0.938 bits per heavy atom. The van der Waals surface area contributed by atoms with Crippen molar-refractivity contribution in [2.24, 2.45) is 0 Å². The van der Waals surface area contributed by atoms with Crippen LogP contribution in [0.3, 0.4) is 0 Å². The smallest absolute Gasteiger partial charge is 0.268 e. The summed E-state index contributed by atoms with van der Waals surface area (Å²) in [6.07, 6.45) is 13.1. The fourth-order valence-electron chi connectivity index (χ4n) is 1.53. The number of allylic oxidation sites excluding steroid dienone is 1. The quantitative estimate of drug-likeness (QED) is 0.365. The zero-order chi connectivity index (χ0) is 12.3. The summed E-state index contributed by atoms with van der Waals surface area (Å²) in [7, 11) is -3.82. The molecule has 0 saturated carbocycles. The highest BCUT2D eigenvalue weighted by Crippen LogP contribution is 2.08. The van der Waals surface area contributed by atoms with E-state index in [1.54, 1.807) is 0 Å². The Hall–Kier alpha value is -0.350. The van der Waals surface area contributed by atoms with Gasteiger partial charge in [0.2, 0.25) is 0 Å². The molecule has 0 saturated heterocycles. The lowest BCUT2D eigenvalue weighted by Crippen LogP contribution is -1.99. The molecule has 3 nitrogen and oxygen atoms in total. The monoisotopic (exact) mass is 248 g/mol. The normalized spacial score (nSPS) is 12.4. The summed E-state index contributed by atoms with van der Waals surface area (Å²) in [4.78, 5) is 0. The van der Waals surface area contributed by atoms with Crippen LogP contribution in [0.15, 0.2) is 12.2 Å². The minimum atomic E-state index is -3.82. The third kappa shape index (κ3) is 13.7. The second kappa shape index (κ2) is 9.85. The maximum atomic E-state index is 10.4. The maximum Gasteiger partial charge on any atom is 0.268 e. The van der Waals surface area contributed by atoms with E-state index in [1.165, 1.54) is 44.6 Å². The van der Waals surface area contributed by atoms with Crippen molar-refractivity contribution < 1.29 is 13.0 Å². The minimum Gasteiger partial charge on any atom is -0.285 e. The molecular weight excluding hydrogens is 224 g/mol. The molecule has 16 heavy (non-hydrogen) atoms. The Morgan fingerprint density at radius 3 is 2.06 bits per heavy atom. The predicted molar refractivity (Wildman–Crippen MR) is 68.2 cm³/mol. The molecule has 0 amide bonds. The summed E-state index contributed by atoms with van der Waals surface area (Å²) in [6, 6.07) is 0. The topological polar surface area (TPSA) is 54.4 Å². The van der Waals surface area contributed by atoms with Gasteiger partial charge in [0, 0.05) is 0 Å². The zero-order valence-corrected chi connectivity index (χ0v) is 11.0. The van der Waals surface area contributed by atoms with Gasteiger partial charge in [-0.2, -0.15) is 8.42 Å². The van der Waals surface area contributed by atoms with Gasteiger partial charge in [0.15, 0.2) is 0 Å². The first kappa shape index (κ1) is 15.7. The van der Waals surface area contributed by atoms with E-state index in [9.17, 15) is 8.42 Å². The minimum absolute atomic E-state index is 0.260. The van der Waals surface area contributed by atoms with E-state index < -0.39 is 10.1 Å². The molecule has 0 aliphatic heterocycles. The van der Waals surface area contributed by atoms with Gasteiger partial charge >= 0.3 is 0 Å². The van der Waals surface area contributed by atoms with E-state index in [4.69, 9.17) is 4.55 Å². The van der Waals surface area contributed by atoms with Gasteiger partial charge in [-0.3, -0.25) is 4.55 Å². The number of unbranched alkanes of at least 4 members (excludes halogenated alkanes) is 7. The van der Waals surface area contributed by atoms with E-state index in [-0.39, 0.29) is 5.75 Å². The van der Waals surface area contributed by atoms with E-state index in [0.29, 0.717) is 0 Å². The van der Waals surface area contributed by atoms with Gasteiger partial charge in [-0.1, -0.05) is 57.6 Å². The molecule has 1 N–H and O–H groups in total. The molecule has 0 aliphatic carbocycles. The lowest BCUT2D eigenvalue weighted by atomic mass is 10.1. The first-order valence-electron chi connectivity index (χ1n) is 6.16.